The fourth-order valence-corrected chi connectivity index (χ4v) is 1.01. The molecule has 2 heterocycles. The highest BCUT2D eigenvalue weighted by atomic mass is 16.1. The van der Waals surface area contributed by atoms with Crippen LogP contribution in [0, 0.1) is 6.92 Å². The summed E-state index contributed by atoms with van der Waals surface area (Å²) >= 11 is 0. The van der Waals surface area contributed by atoms with Gasteiger partial charge in [-0.1, -0.05) is 0 Å². The first-order chi connectivity index (χ1) is 5.81. The number of carbonyl (C=O) groups is 1. The van der Waals surface area contributed by atoms with Gasteiger partial charge in [-0.2, -0.15) is 10.3 Å². The molecular formula is C7H6N4O. The van der Waals surface area contributed by atoms with Gasteiger partial charge in [-0.25, -0.2) is 4.98 Å². The van der Waals surface area contributed by atoms with E-state index < -0.39 is 0 Å². The van der Waals surface area contributed by atoms with E-state index in [-0.39, 0.29) is 0 Å². The molecule has 0 radical (unpaired) electrons. The third-order valence-electron chi connectivity index (χ3n) is 1.65. The predicted molar refractivity (Wildman–Crippen MR) is 41.8 cm³/mol. The van der Waals surface area contributed by atoms with Gasteiger partial charge in [0.25, 0.3) is 0 Å². The number of nitrogens with zero attached hydrogens (tertiary/aromatic N) is 3. The van der Waals surface area contributed by atoms with Crippen LogP contribution in [0.3, 0.4) is 0 Å². The van der Waals surface area contributed by atoms with Gasteiger partial charge < -0.3 is 0 Å². The predicted octanol–water partition coefficient (Wildman–Crippen LogP) is 0.474. The van der Waals surface area contributed by atoms with Crippen LogP contribution in [0.5, 0.6) is 0 Å². The number of carbonyl (C=O) groups excluding carboxylic acids is 1. The monoisotopic (exact) mass is 162 g/mol. The van der Waals surface area contributed by atoms with Crippen LogP contribution in [-0.4, -0.2) is 26.7 Å². The van der Waals surface area contributed by atoms with Crippen molar-refractivity contribution >= 4 is 17.5 Å². The Morgan fingerprint density at radius 2 is 2.33 bits per heavy atom. The van der Waals surface area contributed by atoms with Crippen molar-refractivity contribution in [3.05, 3.63) is 17.3 Å². The first kappa shape index (κ1) is 6.90. The van der Waals surface area contributed by atoms with Gasteiger partial charge in [-0.15, -0.1) is 5.10 Å². The summed E-state index contributed by atoms with van der Waals surface area (Å²) in [6.07, 6.45) is 0.712. The van der Waals surface area contributed by atoms with Gasteiger partial charge in [0.05, 0.1) is 0 Å². The molecule has 2 aromatic heterocycles. The Morgan fingerprint density at radius 1 is 1.50 bits per heavy atom. The maximum Gasteiger partial charge on any atom is 0.202 e. The fourth-order valence-electron chi connectivity index (χ4n) is 1.01. The van der Waals surface area contributed by atoms with Crippen molar-refractivity contribution in [1.29, 1.82) is 0 Å². The van der Waals surface area contributed by atoms with Gasteiger partial charge in [0.1, 0.15) is 11.2 Å². The summed E-state index contributed by atoms with van der Waals surface area (Å²) in [5.74, 6) is 0. The van der Waals surface area contributed by atoms with Crippen LogP contribution >= 0.6 is 0 Å². The molecule has 12 heavy (non-hydrogen) atoms. The number of hydrogen-bond donors (Lipinski definition) is 1. The van der Waals surface area contributed by atoms with Crippen LogP contribution < -0.4 is 0 Å². The number of aldehydes is 1. The number of H-pyrrole nitrogens is 1. The van der Waals surface area contributed by atoms with E-state index in [9.17, 15) is 4.79 Å². The van der Waals surface area contributed by atoms with Crippen molar-refractivity contribution in [2.45, 2.75) is 6.92 Å². The number of fused-ring (bicyclic) bond motifs is 1. The first-order valence-electron chi connectivity index (χ1n) is 3.44. The van der Waals surface area contributed by atoms with Gasteiger partial charge in [-0.3, -0.25) is 4.79 Å². The zero-order valence-electron chi connectivity index (χ0n) is 6.40. The summed E-state index contributed by atoms with van der Waals surface area (Å²) in [5, 5.41) is 10.0. The van der Waals surface area contributed by atoms with Crippen molar-refractivity contribution in [3.63, 3.8) is 0 Å². The molecular weight excluding hydrogens is 156 g/mol. The minimum Gasteiger partial charge on any atom is -0.296 e. The molecule has 0 bridgehead atoms. The van der Waals surface area contributed by atoms with Gasteiger partial charge in [0, 0.05) is 0 Å². The lowest BCUT2D eigenvalue weighted by atomic mass is 10.2. The highest BCUT2D eigenvalue weighted by molar-refractivity contribution is 5.80. The number of rotatable bonds is 1. The molecule has 0 aliphatic heterocycles. The van der Waals surface area contributed by atoms with Crippen molar-refractivity contribution in [3.8, 4) is 0 Å². The summed E-state index contributed by atoms with van der Waals surface area (Å²) in [6.45, 7) is 1.81. The highest BCUT2D eigenvalue weighted by Gasteiger charge is 2.04. The fraction of sp³-hybridized carbons (Fsp3) is 0.143. The van der Waals surface area contributed by atoms with E-state index in [1.54, 1.807) is 6.07 Å². The molecule has 0 aliphatic carbocycles. The second kappa shape index (κ2) is 2.37. The normalized spacial score (nSPS) is 10.4. The van der Waals surface area contributed by atoms with Crippen LogP contribution in [0.25, 0.3) is 11.2 Å². The third-order valence-corrected chi connectivity index (χ3v) is 1.65. The summed E-state index contributed by atoms with van der Waals surface area (Å²) < 4.78 is 0. The number of aryl methyl sites for hydroxylation is 1. The SMILES string of the molecule is Cc1cc2n[nH]nc2nc1C=O. The van der Waals surface area contributed by atoms with Gasteiger partial charge in [-0.05, 0) is 18.6 Å². The Morgan fingerprint density at radius 3 is 3.08 bits per heavy atom. The van der Waals surface area contributed by atoms with Crippen molar-refractivity contribution < 1.29 is 4.79 Å². The van der Waals surface area contributed by atoms with E-state index in [2.05, 4.69) is 20.4 Å². The molecule has 0 spiro atoms. The molecule has 0 saturated heterocycles. The third kappa shape index (κ3) is 0.868. The van der Waals surface area contributed by atoms with E-state index in [1.165, 1.54) is 0 Å². The molecule has 60 valence electrons. The largest absolute Gasteiger partial charge is 0.296 e. The molecule has 5 nitrogen and oxygen atoms in total. The van der Waals surface area contributed by atoms with Crippen LogP contribution in [0.1, 0.15) is 16.1 Å². The Hall–Kier alpha value is -1.78. The number of nitrogens with one attached hydrogen (secondary N) is 1. The van der Waals surface area contributed by atoms with E-state index in [0.29, 0.717) is 23.1 Å². The Bertz CT molecular complexity index is 434. The second-order valence-electron chi connectivity index (χ2n) is 2.47. The highest BCUT2D eigenvalue weighted by Crippen LogP contribution is 2.09. The molecule has 2 aromatic rings. The van der Waals surface area contributed by atoms with Crippen LogP contribution in [0.15, 0.2) is 6.07 Å². The summed E-state index contributed by atoms with van der Waals surface area (Å²) in [6, 6.07) is 1.77. The number of aromatic nitrogens is 4. The molecule has 0 amide bonds. The number of hydrogen-bond acceptors (Lipinski definition) is 4. The topological polar surface area (TPSA) is 71.5 Å². The van der Waals surface area contributed by atoms with Crippen molar-refractivity contribution in [2.75, 3.05) is 0 Å². The van der Waals surface area contributed by atoms with Crippen LogP contribution in [-0.2, 0) is 0 Å². The van der Waals surface area contributed by atoms with Crippen LogP contribution in [0.4, 0.5) is 0 Å². The maximum atomic E-state index is 10.5. The second-order valence-corrected chi connectivity index (χ2v) is 2.47. The molecule has 0 saturated carbocycles. The molecule has 0 fully saturated rings. The number of pyridine rings is 1. The van der Waals surface area contributed by atoms with E-state index in [4.69, 9.17) is 0 Å². The van der Waals surface area contributed by atoms with Crippen LogP contribution in [0.2, 0.25) is 0 Å². The van der Waals surface area contributed by atoms with E-state index in [0.717, 1.165) is 5.56 Å². The summed E-state index contributed by atoms with van der Waals surface area (Å²) in [7, 11) is 0. The van der Waals surface area contributed by atoms with Gasteiger partial charge in [0.15, 0.2) is 6.29 Å². The molecule has 0 aliphatic rings. The Kier molecular flexibility index (Phi) is 1.36. The maximum absolute atomic E-state index is 10.5. The Labute approximate surface area is 67.8 Å². The minimum absolute atomic E-state index is 0.413. The lowest BCUT2D eigenvalue weighted by Crippen LogP contribution is -1.91. The van der Waals surface area contributed by atoms with Crippen molar-refractivity contribution in [1.82, 2.24) is 20.4 Å². The zero-order valence-corrected chi connectivity index (χ0v) is 6.40. The number of aromatic amines is 1. The van der Waals surface area contributed by atoms with Crippen molar-refractivity contribution in [2.24, 2.45) is 0 Å². The molecule has 1 N–H and O–H groups in total. The molecule has 0 unspecified atom stereocenters. The lowest BCUT2D eigenvalue weighted by molar-refractivity contribution is 0.111. The average Bonchev–Trinajstić information content (AvgIpc) is 2.49. The van der Waals surface area contributed by atoms with E-state index in [1.807, 2.05) is 6.92 Å². The standard InChI is InChI=1S/C7H6N4O/c1-4-2-5-7(10-11-9-5)8-6(4)3-12/h2-3H,1H3,(H,8,9,10,11). The smallest absolute Gasteiger partial charge is 0.202 e. The zero-order chi connectivity index (χ0) is 8.55. The summed E-state index contributed by atoms with van der Waals surface area (Å²) in [4.78, 5) is 14.5. The molecule has 5 heteroatoms. The minimum atomic E-state index is 0.413. The molecule has 0 atom stereocenters. The van der Waals surface area contributed by atoms with E-state index >= 15 is 0 Å². The average molecular weight is 162 g/mol. The molecule has 2 rings (SSSR count). The summed E-state index contributed by atoms with van der Waals surface area (Å²) in [5.41, 5.74) is 2.38. The Balaban J connectivity index is 2.81. The quantitative estimate of drug-likeness (QED) is 0.619. The van der Waals surface area contributed by atoms with Gasteiger partial charge in [0.2, 0.25) is 5.65 Å². The lowest BCUT2D eigenvalue weighted by Gasteiger charge is -1.93. The molecule has 0 aromatic carbocycles. The first-order valence-corrected chi connectivity index (χ1v) is 3.44. The van der Waals surface area contributed by atoms with Gasteiger partial charge >= 0.3 is 0 Å².